The Kier molecular flexibility index (Phi) is 7.89. The van der Waals surface area contributed by atoms with E-state index in [9.17, 15) is 31.1 Å². The molecule has 2 aliphatic rings. The first-order valence-electron chi connectivity index (χ1n) is 10.4. The van der Waals surface area contributed by atoms with Crippen LogP contribution in [0.1, 0.15) is 31.7 Å². The van der Waals surface area contributed by atoms with Gasteiger partial charge in [0, 0.05) is 24.1 Å². The van der Waals surface area contributed by atoms with E-state index in [2.05, 4.69) is 10.5 Å². The molecule has 1 aromatic rings. The molecule has 2 atom stereocenters. The summed E-state index contributed by atoms with van der Waals surface area (Å²) in [5, 5.41) is 6.01. The second-order valence-electron chi connectivity index (χ2n) is 8.70. The third-order valence-corrected chi connectivity index (χ3v) is 6.34. The zero-order chi connectivity index (χ0) is 27.1. The number of benzene rings is 1. The molecule has 0 spiro atoms. The third-order valence-electron chi connectivity index (χ3n) is 5.56. The van der Waals surface area contributed by atoms with Crippen LogP contribution in [0.2, 0.25) is 5.02 Å². The molecule has 0 aromatic heterocycles. The Bertz CT molecular complexity index is 1130. The lowest BCUT2D eigenvalue weighted by atomic mass is 9.79. The molecule has 2 unspecified atom stereocenters. The fourth-order valence-electron chi connectivity index (χ4n) is 3.84. The average Bonchev–Trinajstić information content (AvgIpc) is 3.16. The highest BCUT2D eigenvalue weighted by atomic mass is 35.5. The molecule has 0 saturated heterocycles. The number of amides is 1. The maximum Gasteiger partial charge on any atom is 0.435 e. The van der Waals surface area contributed by atoms with Crippen molar-refractivity contribution in [1.82, 2.24) is 5.32 Å². The van der Waals surface area contributed by atoms with E-state index in [1.54, 1.807) is 0 Å². The van der Waals surface area contributed by atoms with Gasteiger partial charge in [-0.2, -0.15) is 26.3 Å². The number of allylic oxidation sites excluding steroid dienone is 3. The highest BCUT2D eigenvalue weighted by molar-refractivity contribution is 6.34. The lowest BCUT2D eigenvalue weighted by Gasteiger charge is -2.36. The van der Waals surface area contributed by atoms with Crippen LogP contribution in [0.25, 0.3) is 0 Å². The van der Waals surface area contributed by atoms with E-state index in [1.165, 1.54) is 49.2 Å². The number of halogens is 9. The second-order valence-corrected chi connectivity index (χ2v) is 10.4. The predicted molar refractivity (Wildman–Crippen MR) is 125 cm³/mol. The summed E-state index contributed by atoms with van der Waals surface area (Å²) in [6.45, 7) is 1.19. The van der Waals surface area contributed by atoms with Gasteiger partial charge in [0.15, 0.2) is 0 Å². The normalized spacial score (nSPS) is 24.5. The number of carbonyl (C=O) groups excluding carboxylic acids is 1. The molecule has 36 heavy (non-hydrogen) atoms. The summed E-state index contributed by atoms with van der Waals surface area (Å²) in [5.74, 6) is -1.25. The monoisotopic (exact) mass is 577 g/mol. The predicted octanol–water partition coefficient (Wildman–Crippen LogP) is 6.68. The average molecular weight is 579 g/mol. The zero-order valence-corrected chi connectivity index (χ0v) is 21.1. The van der Waals surface area contributed by atoms with Gasteiger partial charge in [-0.3, -0.25) is 4.79 Å². The maximum absolute atomic E-state index is 14.3. The molecular formula is C22H20Cl3F6N3O2. The van der Waals surface area contributed by atoms with Gasteiger partial charge in [0.1, 0.15) is 6.42 Å². The Hall–Kier alpha value is -2.11. The first kappa shape index (κ1) is 28.5. The van der Waals surface area contributed by atoms with Gasteiger partial charge in [0.05, 0.1) is 28.0 Å². The number of nitrogens with one attached hydrogen (secondary N) is 1. The van der Waals surface area contributed by atoms with Gasteiger partial charge in [-0.1, -0.05) is 34.4 Å². The lowest BCUT2D eigenvalue weighted by Crippen LogP contribution is -2.48. The quantitative estimate of drug-likeness (QED) is 0.233. The topological polar surface area (TPSA) is 53.9 Å². The van der Waals surface area contributed by atoms with Crippen molar-refractivity contribution in [3.05, 3.63) is 51.5 Å². The Morgan fingerprint density at radius 3 is 2.44 bits per heavy atom. The molecule has 1 aliphatic carbocycles. The summed E-state index contributed by atoms with van der Waals surface area (Å²) in [6, 6.07) is 4.23. The van der Waals surface area contributed by atoms with Crippen molar-refractivity contribution in [2.45, 2.75) is 49.0 Å². The van der Waals surface area contributed by atoms with E-state index in [1.807, 2.05) is 0 Å². The molecule has 1 amide bonds. The first-order chi connectivity index (χ1) is 16.4. The molecule has 198 valence electrons. The van der Waals surface area contributed by atoms with Crippen molar-refractivity contribution in [3.8, 4) is 0 Å². The van der Waals surface area contributed by atoms with Crippen molar-refractivity contribution < 1.29 is 36.0 Å². The smallest absolute Gasteiger partial charge is 0.374 e. The summed E-state index contributed by atoms with van der Waals surface area (Å²) >= 11 is 18.5. The number of nitrogens with zero attached hydrogens (tertiary/aromatic N) is 2. The Labute approximate surface area is 217 Å². The first-order valence-corrected chi connectivity index (χ1v) is 11.5. The van der Waals surface area contributed by atoms with Gasteiger partial charge in [-0.15, -0.1) is 11.6 Å². The van der Waals surface area contributed by atoms with Crippen molar-refractivity contribution in [2.24, 2.45) is 5.16 Å². The fourth-order valence-corrected chi connectivity index (χ4v) is 4.80. The maximum atomic E-state index is 14.3. The van der Waals surface area contributed by atoms with Crippen molar-refractivity contribution in [1.29, 1.82) is 0 Å². The molecule has 0 saturated carbocycles. The molecule has 3 rings (SSSR count). The molecule has 5 nitrogen and oxygen atoms in total. The standard InChI is InChI=1S/C22H20Cl3F6N3O2/c1-19(25)7-13(6-14(23)8-19)20(22(29,30)31)9-16(33-36-20)12-3-4-15(24)17(5-12)34(2)11-32-18(35)10-21(26,27)28/h3-6,8H,7,9-11H2,1-2H3,(H,32,35). The van der Waals surface area contributed by atoms with Crippen LogP contribution in [0, 0.1) is 0 Å². The Morgan fingerprint density at radius 1 is 1.19 bits per heavy atom. The molecule has 0 fully saturated rings. The van der Waals surface area contributed by atoms with Gasteiger partial charge in [-0.05, 0) is 43.2 Å². The molecule has 1 aromatic carbocycles. The number of hydrogen-bond donors (Lipinski definition) is 1. The SMILES string of the molecule is CN(CNC(=O)CC(F)(F)F)c1cc(C2=NOC(C3=CC(Cl)=CC(C)(Cl)C3)(C(F)(F)F)C2)ccc1Cl. The molecule has 1 heterocycles. The minimum absolute atomic E-state index is 0.0393. The number of rotatable bonds is 6. The van der Waals surface area contributed by atoms with E-state index in [0.29, 0.717) is 0 Å². The van der Waals surface area contributed by atoms with Crippen LogP contribution in [0.4, 0.5) is 32.0 Å². The summed E-state index contributed by atoms with van der Waals surface area (Å²) in [7, 11) is 1.44. The number of hydrogen-bond acceptors (Lipinski definition) is 4. The molecule has 1 N–H and O–H groups in total. The van der Waals surface area contributed by atoms with Gasteiger partial charge >= 0.3 is 12.4 Å². The van der Waals surface area contributed by atoms with Crippen LogP contribution in [0.15, 0.2) is 46.1 Å². The van der Waals surface area contributed by atoms with Gasteiger partial charge in [0.25, 0.3) is 5.60 Å². The van der Waals surface area contributed by atoms with Crippen LogP contribution in [0.5, 0.6) is 0 Å². The minimum atomic E-state index is -4.86. The van der Waals surface area contributed by atoms with E-state index >= 15 is 0 Å². The van der Waals surface area contributed by atoms with Crippen LogP contribution in [0.3, 0.4) is 0 Å². The number of carbonyl (C=O) groups is 1. The van der Waals surface area contributed by atoms with Crippen LogP contribution in [-0.2, 0) is 9.63 Å². The molecule has 0 radical (unpaired) electrons. The molecule has 14 heteroatoms. The molecule has 0 bridgehead atoms. The molecule has 1 aliphatic heterocycles. The number of oxime groups is 1. The lowest BCUT2D eigenvalue weighted by molar-refractivity contribution is -0.254. The van der Waals surface area contributed by atoms with Gasteiger partial charge in [-0.25, -0.2) is 0 Å². The van der Waals surface area contributed by atoms with E-state index in [4.69, 9.17) is 39.6 Å². The van der Waals surface area contributed by atoms with Crippen LogP contribution >= 0.6 is 34.8 Å². The largest absolute Gasteiger partial charge is 0.435 e. The Balaban J connectivity index is 1.84. The van der Waals surface area contributed by atoms with Crippen LogP contribution < -0.4 is 10.2 Å². The second kappa shape index (κ2) is 9.98. The highest BCUT2D eigenvalue weighted by Gasteiger charge is 2.64. The molecular weight excluding hydrogens is 559 g/mol. The van der Waals surface area contributed by atoms with Crippen molar-refractivity contribution in [2.75, 3.05) is 18.6 Å². The van der Waals surface area contributed by atoms with Gasteiger partial charge in [0.2, 0.25) is 5.91 Å². The van der Waals surface area contributed by atoms with E-state index < -0.39 is 41.6 Å². The number of alkyl halides is 7. The van der Waals surface area contributed by atoms with Crippen molar-refractivity contribution in [3.63, 3.8) is 0 Å². The van der Waals surface area contributed by atoms with Gasteiger partial charge < -0.3 is 15.1 Å². The summed E-state index contributed by atoms with van der Waals surface area (Å²) < 4.78 is 80.1. The Morgan fingerprint density at radius 2 is 1.86 bits per heavy atom. The van der Waals surface area contributed by atoms with E-state index in [0.717, 1.165) is 0 Å². The van der Waals surface area contributed by atoms with E-state index in [-0.39, 0.29) is 45.7 Å². The zero-order valence-electron chi connectivity index (χ0n) is 18.8. The van der Waals surface area contributed by atoms with Crippen LogP contribution in [-0.4, -0.2) is 48.2 Å². The van der Waals surface area contributed by atoms with Crippen molar-refractivity contribution >= 4 is 52.1 Å². The summed E-state index contributed by atoms with van der Waals surface area (Å²) in [5.41, 5.74) is -2.53. The summed E-state index contributed by atoms with van der Waals surface area (Å²) in [4.78, 5) is 16.7. The summed E-state index contributed by atoms with van der Waals surface area (Å²) in [6.07, 6.45) is -9.43. The highest BCUT2D eigenvalue weighted by Crippen LogP contribution is 2.51. The minimum Gasteiger partial charge on any atom is -0.374 e. The number of anilines is 1. The fraction of sp³-hybridized carbons (Fsp3) is 0.455. The third kappa shape index (κ3) is 6.41.